The number of benzene rings is 3. The zero-order valence-electron chi connectivity index (χ0n) is 19.3. The van der Waals surface area contributed by atoms with E-state index in [9.17, 15) is 4.79 Å². The van der Waals surface area contributed by atoms with Gasteiger partial charge in [-0.3, -0.25) is 4.99 Å². The lowest BCUT2D eigenvalue weighted by atomic mass is 10.0. The molecule has 32 heavy (non-hydrogen) atoms. The van der Waals surface area contributed by atoms with E-state index in [0.717, 1.165) is 22.4 Å². The molecule has 3 aromatic rings. The van der Waals surface area contributed by atoms with Gasteiger partial charge in [0.05, 0.1) is 5.71 Å². The summed E-state index contributed by atoms with van der Waals surface area (Å²) in [5.41, 5.74) is 4.45. The molecule has 0 aromatic heterocycles. The highest BCUT2D eigenvalue weighted by Gasteiger charge is 2.25. The molecule has 0 heterocycles. The van der Waals surface area contributed by atoms with E-state index in [1.165, 1.54) is 5.56 Å². The first-order valence-electron chi connectivity index (χ1n) is 11.0. The van der Waals surface area contributed by atoms with Crippen LogP contribution in [0.25, 0.3) is 6.08 Å². The Balaban J connectivity index is 1.96. The average molecular weight is 426 g/mol. The lowest BCUT2D eigenvalue weighted by molar-refractivity contribution is -0.156. The summed E-state index contributed by atoms with van der Waals surface area (Å²) in [7, 11) is 0. The fourth-order valence-electron chi connectivity index (χ4n) is 3.25. The van der Waals surface area contributed by atoms with Crippen molar-refractivity contribution in [2.24, 2.45) is 4.99 Å². The Labute approximate surface area is 191 Å². The van der Waals surface area contributed by atoms with E-state index in [1.807, 2.05) is 93.6 Å². The van der Waals surface area contributed by atoms with Crippen LogP contribution in [0.1, 0.15) is 49.4 Å². The minimum Gasteiger partial charge on any atom is -0.458 e. The van der Waals surface area contributed by atoms with Gasteiger partial charge in [0.15, 0.2) is 6.04 Å². The van der Waals surface area contributed by atoms with E-state index in [4.69, 9.17) is 9.73 Å². The van der Waals surface area contributed by atoms with Gasteiger partial charge in [-0.05, 0) is 39.7 Å². The third kappa shape index (κ3) is 7.05. The second-order valence-corrected chi connectivity index (χ2v) is 8.81. The maximum Gasteiger partial charge on any atom is 0.331 e. The Hall–Kier alpha value is -3.46. The highest BCUT2D eigenvalue weighted by atomic mass is 16.6. The third-order valence-corrected chi connectivity index (χ3v) is 4.81. The maximum atomic E-state index is 13.1. The Morgan fingerprint density at radius 2 is 1.41 bits per heavy atom. The molecule has 0 amide bonds. The predicted octanol–water partition coefficient (Wildman–Crippen LogP) is 6.65. The highest BCUT2D eigenvalue weighted by molar-refractivity contribution is 6.13. The SMILES string of the molecule is Cc1ccc(/C=C/C[C@H](N=C(c2ccccc2)c2ccccc2)C(=O)OC(C)(C)C)cc1. The van der Waals surface area contributed by atoms with Crippen LogP contribution < -0.4 is 0 Å². The number of ether oxygens (including phenoxy) is 1. The Morgan fingerprint density at radius 3 is 1.91 bits per heavy atom. The average Bonchev–Trinajstić information content (AvgIpc) is 2.77. The van der Waals surface area contributed by atoms with Crippen LogP contribution in [-0.4, -0.2) is 23.3 Å². The van der Waals surface area contributed by atoms with Gasteiger partial charge in [0.1, 0.15) is 5.60 Å². The Kier molecular flexibility index (Phi) is 7.77. The van der Waals surface area contributed by atoms with Gasteiger partial charge < -0.3 is 4.74 Å². The molecule has 0 saturated carbocycles. The highest BCUT2D eigenvalue weighted by Crippen LogP contribution is 2.18. The molecule has 3 heteroatoms. The van der Waals surface area contributed by atoms with Crippen molar-refractivity contribution in [2.45, 2.75) is 45.8 Å². The standard InChI is InChI=1S/C29H31NO2/c1-22-18-20-23(21-19-22)12-11-17-26(28(31)32-29(2,3)4)30-27(24-13-7-5-8-14-24)25-15-9-6-10-16-25/h5-16,18-21,26H,17H2,1-4H3/b12-11+/t26-/m0/s1. The van der Waals surface area contributed by atoms with E-state index in [1.54, 1.807) is 0 Å². The third-order valence-electron chi connectivity index (χ3n) is 4.81. The molecule has 0 spiro atoms. The number of carbonyl (C=O) groups excluding carboxylic acids is 1. The molecule has 164 valence electrons. The Morgan fingerprint density at radius 1 is 0.875 bits per heavy atom. The maximum absolute atomic E-state index is 13.1. The summed E-state index contributed by atoms with van der Waals surface area (Å²) in [6.07, 6.45) is 4.47. The first kappa shape index (κ1) is 23.2. The number of hydrogen-bond donors (Lipinski definition) is 0. The quantitative estimate of drug-likeness (QED) is 0.314. The molecule has 0 bridgehead atoms. The van der Waals surface area contributed by atoms with Crippen LogP contribution in [0.4, 0.5) is 0 Å². The monoisotopic (exact) mass is 425 g/mol. The van der Waals surface area contributed by atoms with Crippen LogP contribution in [0, 0.1) is 6.92 Å². The zero-order chi connectivity index (χ0) is 23.0. The topological polar surface area (TPSA) is 38.7 Å². The first-order valence-corrected chi connectivity index (χ1v) is 11.0. The van der Waals surface area contributed by atoms with Gasteiger partial charge in [-0.2, -0.15) is 0 Å². The van der Waals surface area contributed by atoms with Crippen LogP contribution in [0.3, 0.4) is 0 Å². The van der Waals surface area contributed by atoms with Crippen molar-refractivity contribution in [3.8, 4) is 0 Å². The minimum atomic E-state index is -0.647. The van der Waals surface area contributed by atoms with Gasteiger partial charge in [-0.15, -0.1) is 0 Å². The fraction of sp³-hybridized carbons (Fsp3) is 0.241. The molecular formula is C29H31NO2. The second-order valence-electron chi connectivity index (χ2n) is 8.81. The summed E-state index contributed by atoms with van der Waals surface area (Å²) in [5, 5.41) is 0. The van der Waals surface area contributed by atoms with Crippen LogP contribution in [0.15, 0.2) is 96.0 Å². The number of rotatable bonds is 7. The predicted molar refractivity (Wildman–Crippen MR) is 133 cm³/mol. The summed E-state index contributed by atoms with van der Waals surface area (Å²) >= 11 is 0. The van der Waals surface area contributed by atoms with Gasteiger partial charge in [0.2, 0.25) is 0 Å². The van der Waals surface area contributed by atoms with Gasteiger partial charge >= 0.3 is 5.97 Å². The summed E-state index contributed by atoms with van der Waals surface area (Å²) in [6.45, 7) is 7.70. The molecule has 1 atom stereocenters. The molecule has 0 saturated heterocycles. The van der Waals surface area contributed by atoms with Crippen molar-refractivity contribution in [3.63, 3.8) is 0 Å². The van der Waals surface area contributed by atoms with E-state index in [2.05, 4.69) is 31.2 Å². The van der Waals surface area contributed by atoms with E-state index in [0.29, 0.717) is 6.42 Å². The largest absolute Gasteiger partial charge is 0.458 e. The molecule has 0 N–H and O–H groups in total. The molecule has 0 aliphatic rings. The summed E-state index contributed by atoms with van der Waals surface area (Å²) < 4.78 is 5.71. The number of aliphatic imine (C=N–C) groups is 1. The fourth-order valence-corrected chi connectivity index (χ4v) is 3.25. The summed E-state index contributed by atoms with van der Waals surface area (Å²) in [6, 6.07) is 27.6. The van der Waals surface area contributed by atoms with Gasteiger partial charge in [0.25, 0.3) is 0 Å². The Bertz CT molecular complexity index is 1020. The summed E-state index contributed by atoms with van der Waals surface area (Å²) in [4.78, 5) is 18.0. The van der Waals surface area contributed by atoms with Crippen molar-refractivity contribution in [1.29, 1.82) is 0 Å². The van der Waals surface area contributed by atoms with Gasteiger partial charge in [-0.25, -0.2) is 4.79 Å². The van der Waals surface area contributed by atoms with Crippen LogP contribution in [0.2, 0.25) is 0 Å². The molecule has 0 aliphatic carbocycles. The smallest absolute Gasteiger partial charge is 0.331 e. The molecule has 0 unspecified atom stereocenters. The van der Waals surface area contributed by atoms with Crippen LogP contribution in [-0.2, 0) is 9.53 Å². The first-order chi connectivity index (χ1) is 15.3. The molecular weight excluding hydrogens is 394 g/mol. The number of aryl methyl sites for hydroxylation is 1. The number of hydrogen-bond acceptors (Lipinski definition) is 3. The van der Waals surface area contributed by atoms with Crippen LogP contribution in [0.5, 0.6) is 0 Å². The number of carbonyl (C=O) groups is 1. The number of nitrogens with zero attached hydrogens (tertiary/aromatic N) is 1. The van der Waals surface area contributed by atoms with E-state index < -0.39 is 11.6 Å². The summed E-state index contributed by atoms with van der Waals surface area (Å²) in [5.74, 6) is -0.324. The molecule has 3 aromatic carbocycles. The van der Waals surface area contributed by atoms with Crippen molar-refractivity contribution in [2.75, 3.05) is 0 Å². The number of esters is 1. The van der Waals surface area contributed by atoms with Crippen molar-refractivity contribution in [1.82, 2.24) is 0 Å². The molecule has 0 fully saturated rings. The van der Waals surface area contributed by atoms with E-state index in [-0.39, 0.29) is 5.97 Å². The van der Waals surface area contributed by atoms with Crippen molar-refractivity contribution in [3.05, 3.63) is 113 Å². The minimum absolute atomic E-state index is 0.324. The van der Waals surface area contributed by atoms with Crippen molar-refractivity contribution < 1.29 is 9.53 Å². The molecule has 3 rings (SSSR count). The molecule has 0 aliphatic heterocycles. The van der Waals surface area contributed by atoms with Gasteiger partial charge in [-0.1, -0.05) is 103 Å². The van der Waals surface area contributed by atoms with E-state index >= 15 is 0 Å². The molecule has 3 nitrogen and oxygen atoms in total. The van der Waals surface area contributed by atoms with Gasteiger partial charge in [0, 0.05) is 11.1 Å². The van der Waals surface area contributed by atoms with Crippen molar-refractivity contribution >= 4 is 17.8 Å². The van der Waals surface area contributed by atoms with Crippen LogP contribution >= 0.6 is 0 Å². The second kappa shape index (κ2) is 10.7. The normalized spacial score (nSPS) is 12.4. The lowest BCUT2D eigenvalue weighted by Gasteiger charge is -2.22. The lowest BCUT2D eigenvalue weighted by Crippen LogP contribution is -2.31. The molecule has 0 radical (unpaired) electrons. The zero-order valence-corrected chi connectivity index (χ0v) is 19.3.